The van der Waals surface area contributed by atoms with Crippen molar-refractivity contribution in [3.8, 4) is 0 Å². The van der Waals surface area contributed by atoms with Gasteiger partial charge in [-0.05, 0) is 39.6 Å². The Kier molecular flexibility index (Phi) is 8.95. The smallest absolute Gasteiger partial charge is 0.0323 e. The zero-order valence-corrected chi connectivity index (χ0v) is 21.0. The molecular weight excluding hydrogens is 444 g/mol. The Morgan fingerprint density at radius 3 is 1.12 bits per heavy atom. The molecule has 162 valence electrons. The van der Waals surface area contributed by atoms with Gasteiger partial charge in [0, 0.05) is 22.7 Å². The van der Waals surface area contributed by atoms with Gasteiger partial charge in [0.25, 0.3) is 0 Å². The van der Waals surface area contributed by atoms with E-state index in [2.05, 4.69) is 132 Å². The fourth-order valence-corrected chi connectivity index (χ4v) is 10.3. The molecule has 0 bridgehead atoms. The molecule has 1 nitrogen and oxygen atoms in total. The summed E-state index contributed by atoms with van der Waals surface area (Å²) in [4.78, 5) is 0. The highest BCUT2D eigenvalue weighted by Gasteiger charge is 2.31. The summed E-state index contributed by atoms with van der Waals surface area (Å²) in [6.45, 7) is 1.08. The predicted octanol–water partition coefficient (Wildman–Crippen LogP) is 6.14. The van der Waals surface area contributed by atoms with Crippen molar-refractivity contribution >= 4 is 49.1 Å². The first-order valence-corrected chi connectivity index (χ1v) is 14.9. The molecule has 0 unspecified atom stereocenters. The highest BCUT2D eigenvalue weighted by Crippen LogP contribution is 2.54. The van der Waals surface area contributed by atoms with Gasteiger partial charge in [0.15, 0.2) is 0 Å². The van der Waals surface area contributed by atoms with Crippen LogP contribution in [0.2, 0.25) is 0 Å². The molecule has 0 atom stereocenters. The van der Waals surface area contributed by atoms with Crippen molar-refractivity contribution in [2.45, 2.75) is 6.42 Å². The lowest BCUT2D eigenvalue weighted by molar-refractivity contribution is 0.695. The first-order chi connectivity index (χ1) is 15.9. The van der Waals surface area contributed by atoms with Crippen LogP contribution in [0.1, 0.15) is 6.42 Å². The standard InChI is InChI=1S/C28H29NP2S/c1-32-24-14-23-29(30(25-15-6-2-7-16-25)26-17-8-3-9-18-26)31(27-19-10-4-11-20-27)28-21-12-5-13-22-28/h2-13,15-22H,14,23-24H2,1H3. The predicted molar refractivity (Wildman–Crippen MR) is 148 cm³/mol. The molecule has 0 aliphatic heterocycles. The Morgan fingerprint density at radius 2 is 0.844 bits per heavy atom. The molecule has 4 aromatic carbocycles. The minimum Gasteiger partial charge on any atom is -0.245 e. The molecule has 4 rings (SSSR count). The lowest BCUT2D eigenvalue weighted by Gasteiger charge is -2.39. The summed E-state index contributed by atoms with van der Waals surface area (Å²) in [6, 6.07) is 44.4. The molecule has 0 saturated heterocycles. The quantitative estimate of drug-likeness (QED) is 0.201. The molecule has 32 heavy (non-hydrogen) atoms. The van der Waals surface area contributed by atoms with Crippen molar-refractivity contribution in [2.24, 2.45) is 0 Å². The third-order valence-corrected chi connectivity index (χ3v) is 11.4. The SMILES string of the molecule is CSCCCN(P(c1ccccc1)c1ccccc1)P(c1ccccc1)c1ccccc1. The van der Waals surface area contributed by atoms with Crippen LogP contribution in [-0.4, -0.2) is 23.0 Å². The van der Waals surface area contributed by atoms with E-state index < -0.39 is 16.1 Å². The second kappa shape index (κ2) is 12.3. The van der Waals surface area contributed by atoms with Crippen LogP contribution in [0, 0.1) is 0 Å². The topological polar surface area (TPSA) is 3.24 Å². The molecule has 0 aliphatic carbocycles. The van der Waals surface area contributed by atoms with Crippen LogP contribution in [0.5, 0.6) is 0 Å². The number of hydrogen-bond donors (Lipinski definition) is 0. The average molecular weight is 474 g/mol. The molecule has 0 aliphatic rings. The van der Waals surface area contributed by atoms with Gasteiger partial charge in [-0.3, -0.25) is 0 Å². The van der Waals surface area contributed by atoms with Gasteiger partial charge >= 0.3 is 0 Å². The Morgan fingerprint density at radius 1 is 0.531 bits per heavy atom. The van der Waals surface area contributed by atoms with E-state index in [0.717, 1.165) is 6.54 Å². The van der Waals surface area contributed by atoms with Crippen LogP contribution < -0.4 is 21.2 Å². The average Bonchev–Trinajstić information content (AvgIpc) is 2.87. The molecule has 0 amide bonds. The van der Waals surface area contributed by atoms with Gasteiger partial charge in [-0.2, -0.15) is 11.8 Å². The molecule has 0 fully saturated rings. The largest absolute Gasteiger partial charge is 0.245 e. The Bertz CT molecular complexity index is 884. The van der Waals surface area contributed by atoms with Crippen molar-refractivity contribution in [1.29, 1.82) is 0 Å². The molecule has 0 heterocycles. The Labute approximate surface area is 199 Å². The summed E-state index contributed by atoms with van der Waals surface area (Å²) in [7, 11) is -1.33. The maximum atomic E-state index is 2.83. The van der Waals surface area contributed by atoms with Crippen LogP contribution in [0.25, 0.3) is 0 Å². The third kappa shape index (κ3) is 5.89. The lowest BCUT2D eigenvalue weighted by atomic mass is 10.4. The number of thioether (sulfide) groups is 1. The van der Waals surface area contributed by atoms with E-state index in [4.69, 9.17) is 0 Å². The fourth-order valence-electron chi connectivity index (χ4n) is 3.75. The van der Waals surface area contributed by atoms with Gasteiger partial charge in [0.05, 0.1) is 0 Å². The number of rotatable bonds is 10. The monoisotopic (exact) mass is 473 g/mol. The van der Waals surface area contributed by atoms with Gasteiger partial charge < -0.3 is 0 Å². The fraction of sp³-hybridized carbons (Fsp3) is 0.143. The Hall–Kier alpha value is -1.95. The zero-order valence-electron chi connectivity index (χ0n) is 18.4. The van der Waals surface area contributed by atoms with Crippen molar-refractivity contribution < 1.29 is 0 Å². The van der Waals surface area contributed by atoms with E-state index in [1.54, 1.807) is 0 Å². The van der Waals surface area contributed by atoms with Crippen LogP contribution >= 0.6 is 27.9 Å². The van der Waals surface area contributed by atoms with Gasteiger partial charge in [-0.25, -0.2) is 4.44 Å². The maximum absolute atomic E-state index is 2.83. The summed E-state index contributed by atoms with van der Waals surface area (Å²) in [5.74, 6) is 1.18. The van der Waals surface area contributed by atoms with Crippen molar-refractivity contribution in [3.05, 3.63) is 121 Å². The van der Waals surface area contributed by atoms with E-state index in [-0.39, 0.29) is 0 Å². The number of nitrogens with zero attached hydrogens (tertiary/aromatic N) is 1. The maximum Gasteiger partial charge on any atom is 0.0323 e. The summed E-state index contributed by atoms with van der Waals surface area (Å²) in [6.07, 6.45) is 3.39. The Balaban J connectivity index is 1.88. The second-order valence-corrected chi connectivity index (χ2v) is 13.0. The molecular formula is C28H29NP2S. The minimum atomic E-state index is -0.665. The van der Waals surface area contributed by atoms with Gasteiger partial charge in [-0.1, -0.05) is 121 Å². The summed E-state index contributed by atoms with van der Waals surface area (Å²) in [5.41, 5.74) is 0. The van der Waals surface area contributed by atoms with E-state index >= 15 is 0 Å². The summed E-state index contributed by atoms with van der Waals surface area (Å²) in [5, 5.41) is 5.66. The second-order valence-electron chi connectivity index (χ2n) is 7.41. The van der Waals surface area contributed by atoms with Crippen LogP contribution in [0.15, 0.2) is 121 Å². The first kappa shape index (κ1) is 23.2. The van der Waals surface area contributed by atoms with Gasteiger partial charge in [-0.15, -0.1) is 0 Å². The summed E-state index contributed by atoms with van der Waals surface area (Å²) >= 11 is 1.94. The van der Waals surface area contributed by atoms with E-state index in [1.807, 2.05) is 11.8 Å². The molecule has 0 aromatic heterocycles. The highest BCUT2D eigenvalue weighted by molar-refractivity contribution is 7.98. The van der Waals surface area contributed by atoms with Crippen molar-refractivity contribution in [2.75, 3.05) is 18.6 Å². The van der Waals surface area contributed by atoms with Gasteiger partial charge in [0.2, 0.25) is 0 Å². The van der Waals surface area contributed by atoms with Crippen LogP contribution in [0.3, 0.4) is 0 Å². The van der Waals surface area contributed by atoms with Crippen LogP contribution in [0.4, 0.5) is 0 Å². The van der Waals surface area contributed by atoms with E-state index in [9.17, 15) is 0 Å². The van der Waals surface area contributed by atoms with Crippen LogP contribution in [-0.2, 0) is 0 Å². The number of hydrogen-bond acceptors (Lipinski definition) is 2. The molecule has 0 spiro atoms. The zero-order chi connectivity index (χ0) is 22.0. The van der Waals surface area contributed by atoms with E-state index in [0.29, 0.717) is 0 Å². The highest BCUT2D eigenvalue weighted by atomic mass is 32.2. The third-order valence-electron chi connectivity index (χ3n) is 5.17. The van der Waals surface area contributed by atoms with Gasteiger partial charge in [0.1, 0.15) is 0 Å². The molecule has 0 saturated carbocycles. The van der Waals surface area contributed by atoms with Crippen molar-refractivity contribution in [3.63, 3.8) is 0 Å². The lowest BCUT2D eigenvalue weighted by Crippen LogP contribution is -2.32. The molecule has 0 N–H and O–H groups in total. The molecule has 4 heteroatoms. The van der Waals surface area contributed by atoms with E-state index in [1.165, 1.54) is 33.4 Å². The molecule has 0 radical (unpaired) electrons. The summed E-state index contributed by atoms with van der Waals surface area (Å²) < 4.78 is 2.83. The normalized spacial score (nSPS) is 11.4. The molecule has 4 aromatic rings. The number of benzene rings is 4. The first-order valence-electron chi connectivity index (χ1n) is 11.0. The minimum absolute atomic E-state index is 0.665. The van der Waals surface area contributed by atoms with Crippen molar-refractivity contribution in [1.82, 2.24) is 4.44 Å².